The lowest BCUT2D eigenvalue weighted by molar-refractivity contribution is -0.137. The third-order valence-corrected chi connectivity index (χ3v) is 7.11. The number of hydrogen-bond acceptors (Lipinski definition) is 5. The van der Waals surface area contributed by atoms with E-state index in [4.69, 9.17) is 4.74 Å². The fourth-order valence-electron chi connectivity index (χ4n) is 5.18. The fourth-order valence-corrected chi connectivity index (χ4v) is 5.18. The summed E-state index contributed by atoms with van der Waals surface area (Å²) in [7, 11) is 0. The molecule has 1 heterocycles. The topological polar surface area (TPSA) is 117 Å². The highest BCUT2D eigenvalue weighted by Crippen LogP contribution is 2.35. The van der Waals surface area contributed by atoms with Gasteiger partial charge in [-0.1, -0.05) is 75.6 Å². The van der Waals surface area contributed by atoms with Crippen molar-refractivity contribution >= 4 is 23.4 Å². The van der Waals surface area contributed by atoms with Gasteiger partial charge in [0.2, 0.25) is 11.8 Å². The molecule has 8 nitrogen and oxygen atoms in total. The SMILES string of the molecule is CC(C)C[C@H](O)C(=O)N[C@H](C(=O)N[C@@H]1C(=O)Nc2ccccc2O[C@H]1c1ccccc1)C1CCCCC1. The van der Waals surface area contributed by atoms with E-state index in [0.29, 0.717) is 17.9 Å². The maximum Gasteiger partial charge on any atom is 0.251 e. The average molecular weight is 508 g/mol. The van der Waals surface area contributed by atoms with E-state index >= 15 is 0 Å². The van der Waals surface area contributed by atoms with Gasteiger partial charge in [-0.25, -0.2) is 0 Å². The number of amides is 3. The monoisotopic (exact) mass is 507 g/mol. The van der Waals surface area contributed by atoms with Crippen LogP contribution in [0.15, 0.2) is 54.6 Å². The normalized spacial score (nSPS) is 21.6. The van der Waals surface area contributed by atoms with E-state index in [1.54, 1.807) is 18.2 Å². The standard InChI is InChI=1S/C29H37N3O5/c1-18(2)17-22(33)27(34)31-24(19-11-5-3-6-12-19)28(35)32-25-26(20-13-7-4-8-14-20)37-23-16-10-9-15-21(23)30-29(25)36/h4,7-10,13-16,18-19,22,24-26,33H,3,5-6,11-12,17H2,1-2H3,(H,30,36)(H,31,34)(H,32,35)/t22-,24-,25-,26-/m0/s1. The second-order valence-electron chi connectivity index (χ2n) is 10.5. The minimum atomic E-state index is -1.20. The van der Waals surface area contributed by atoms with E-state index in [9.17, 15) is 19.5 Å². The third-order valence-electron chi connectivity index (χ3n) is 7.11. The van der Waals surface area contributed by atoms with Gasteiger partial charge in [-0.2, -0.15) is 0 Å². The van der Waals surface area contributed by atoms with Crippen molar-refractivity contribution in [3.8, 4) is 5.75 Å². The molecular formula is C29H37N3O5. The molecule has 8 heteroatoms. The first-order valence-corrected chi connectivity index (χ1v) is 13.2. The van der Waals surface area contributed by atoms with Crippen LogP contribution in [0, 0.1) is 11.8 Å². The Morgan fingerprint density at radius 3 is 2.38 bits per heavy atom. The number of fused-ring (bicyclic) bond motifs is 1. The summed E-state index contributed by atoms with van der Waals surface area (Å²) in [5, 5.41) is 19.0. The summed E-state index contributed by atoms with van der Waals surface area (Å²) in [6.45, 7) is 3.85. The quantitative estimate of drug-likeness (QED) is 0.435. The van der Waals surface area contributed by atoms with E-state index in [0.717, 1.165) is 37.7 Å². The average Bonchev–Trinajstić information content (AvgIpc) is 3.03. The maximum absolute atomic E-state index is 13.8. The van der Waals surface area contributed by atoms with Crippen LogP contribution in [0.3, 0.4) is 0 Å². The van der Waals surface area contributed by atoms with Crippen LogP contribution >= 0.6 is 0 Å². The Morgan fingerprint density at radius 1 is 1.00 bits per heavy atom. The predicted octanol–water partition coefficient (Wildman–Crippen LogP) is 3.72. The summed E-state index contributed by atoms with van der Waals surface area (Å²) in [4.78, 5) is 40.0. The highest BCUT2D eigenvalue weighted by Gasteiger charge is 2.40. The van der Waals surface area contributed by atoms with Crippen LogP contribution in [0.1, 0.15) is 64.0 Å². The number of benzene rings is 2. The lowest BCUT2D eigenvalue weighted by Gasteiger charge is -2.33. The van der Waals surface area contributed by atoms with Gasteiger partial charge in [0.15, 0.2) is 6.10 Å². The van der Waals surface area contributed by atoms with Crippen molar-refractivity contribution in [1.82, 2.24) is 10.6 Å². The van der Waals surface area contributed by atoms with E-state index in [1.165, 1.54) is 0 Å². The first kappa shape index (κ1) is 26.7. The van der Waals surface area contributed by atoms with Crippen molar-refractivity contribution in [3.63, 3.8) is 0 Å². The highest BCUT2D eigenvalue weighted by molar-refractivity contribution is 6.00. The van der Waals surface area contributed by atoms with Crippen LogP contribution in [0.5, 0.6) is 5.75 Å². The second-order valence-corrected chi connectivity index (χ2v) is 10.5. The molecule has 1 aliphatic heterocycles. The Hall–Kier alpha value is -3.39. The molecule has 0 radical (unpaired) electrons. The Balaban J connectivity index is 1.60. The van der Waals surface area contributed by atoms with Crippen LogP contribution in [0.25, 0.3) is 0 Å². The molecular weight excluding hydrogens is 470 g/mol. The van der Waals surface area contributed by atoms with E-state index in [-0.39, 0.29) is 11.8 Å². The van der Waals surface area contributed by atoms with Gasteiger partial charge in [-0.15, -0.1) is 0 Å². The number of hydrogen-bond donors (Lipinski definition) is 4. The molecule has 2 aromatic carbocycles. The molecule has 4 rings (SSSR count). The Morgan fingerprint density at radius 2 is 1.68 bits per heavy atom. The molecule has 0 bridgehead atoms. The first-order valence-electron chi connectivity index (χ1n) is 13.2. The van der Waals surface area contributed by atoms with Crippen molar-refractivity contribution in [3.05, 3.63) is 60.2 Å². The fraction of sp³-hybridized carbons (Fsp3) is 0.483. The number of rotatable bonds is 8. The molecule has 3 amide bonds. The summed E-state index contributed by atoms with van der Waals surface area (Å²) >= 11 is 0. The summed E-state index contributed by atoms with van der Waals surface area (Å²) in [6, 6.07) is 14.5. The number of para-hydroxylation sites is 2. The molecule has 4 N–H and O–H groups in total. The van der Waals surface area contributed by atoms with Gasteiger partial charge in [-0.3, -0.25) is 14.4 Å². The number of aliphatic hydroxyl groups is 1. The molecule has 0 aromatic heterocycles. The van der Waals surface area contributed by atoms with Crippen LogP contribution < -0.4 is 20.7 Å². The second kappa shape index (κ2) is 12.2. The Labute approximate surface area is 218 Å². The van der Waals surface area contributed by atoms with Gasteiger partial charge < -0.3 is 25.8 Å². The lowest BCUT2D eigenvalue weighted by Crippen LogP contribution is -2.58. The minimum Gasteiger partial charge on any atom is -0.481 e. The van der Waals surface area contributed by atoms with Crippen molar-refractivity contribution in [2.75, 3.05) is 5.32 Å². The number of anilines is 1. The summed E-state index contributed by atoms with van der Waals surface area (Å²) in [6.07, 6.45) is 2.93. The molecule has 2 aromatic rings. The van der Waals surface area contributed by atoms with Gasteiger partial charge in [0, 0.05) is 0 Å². The van der Waals surface area contributed by atoms with E-state index in [2.05, 4.69) is 16.0 Å². The smallest absolute Gasteiger partial charge is 0.251 e. The molecule has 2 aliphatic rings. The number of aliphatic hydroxyl groups excluding tert-OH is 1. The van der Waals surface area contributed by atoms with E-state index < -0.39 is 42.0 Å². The zero-order valence-electron chi connectivity index (χ0n) is 21.5. The van der Waals surface area contributed by atoms with Crippen molar-refractivity contribution in [1.29, 1.82) is 0 Å². The number of carbonyl (C=O) groups is 3. The minimum absolute atomic E-state index is 0.0777. The Kier molecular flexibility index (Phi) is 8.82. The summed E-state index contributed by atoms with van der Waals surface area (Å²) in [5.41, 5.74) is 1.27. The molecule has 37 heavy (non-hydrogen) atoms. The predicted molar refractivity (Wildman–Crippen MR) is 141 cm³/mol. The van der Waals surface area contributed by atoms with Crippen LogP contribution in [0.4, 0.5) is 5.69 Å². The van der Waals surface area contributed by atoms with Gasteiger partial charge in [-0.05, 0) is 48.8 Å². The molecule has 0 spiro atoms. The number of nitrogens with one attached hydrogen (secondary N) is 3. The number of carbonyl (C=O) groups excluding carboxylic acids is 3. The molecule has 1 aliphatic carbocycles. The molecule has 1 saturated carbocycles. The zero-order valence-corrected chi connectivity index (χ0v) is 21.5. The lowest BCUT2D eigenvalue weighted by atomic mass is 9.83. The summed E-state index contributed by atoms with van der Waals surface area (Å²) < 4.78 is 6.29. The van der Waals surface area contributed by atoms with E-state index in [1.807, 2.05) is 50.2 Å². The maximum atomic E-state index is 13.8. The van der Waals surface area contributed by atoms with Gasteiger partial charge >= 0.3 is 0 Å². The molecule has 0 saturated heterocycles. The van der Waals surface area contributed by atoms with Gasteiger partial charge in [0.25, 0.3) is 5.91 Å². The van der Waals surface area contributed by atoms with Crippen LogP contribution in [0.2, 0.25) is 0 Å². The van der Waals surface area contributed by atoms with Gasteiger partial charge in [0.1, 0.15) is 23.9 Å². The number of ether oxygens (including phenoxy) is 1. The van der Waals surface area contributed by atoms with Gasteiger partial charge in [0.05, 0.1) is 5.69 Å². The summed E-state index contributed by atoms with van der Waals surface area (Å²) in [5.74, 6) is -0.856. The van der Waals surface area contributed by atoms with Crippen LogP contribution in [-0.2, 0) is 14.4 Å². The molecule has 4 atom stereocenters. The highest BCUT2D eigenvalue weighted by atomic mass is 16.5. The molecule has 1 fully saturated rings. The van der Waals surface area contributed by atoms with Crippen molar-refractivity contribution in [2.24, 2.45) is 11.8 Å². The third kappa shape index (κ3) is 6.68. The van der Waals surface area contributed by atoms with Crippen molar-refractivity contribution in [2.45, 2.75) is 76.7 Å². The van der Waals surface area contributed by atoms with Crippen molar-refractivity contribution < 1.29 is 24.2 Å². The molecule has 198 valence electrons. The molecule has 0 unspecified atom stereocenters. The first-order chi connectivity index (χ1) is 17.8. The zero-order chi connectivity index (χ0) is 26.4. The largest absolute Gasteiger partial charge is 0.481 e. The Bertz CT molecular complexity index is 1080. The van der Waals surface area contributed by atoms with Crippen LogP contribution in [-0.4, -0.2) is 41.0 Å².